The molecule has 3 aliphatic heterocycles. The molecule has 3 heterocycles. The maximum absolute atomic E-state index is 12.9. The molecule has 2 saturated carbocycles. The van der Waals surface area contributed by atoms with Crippen LogP contribution in [0.4, 0.5) is 0 Å². The summed E-state index contributed by atoms with van der Waals surface area (Å²) in [5, 5.41) is 10.9. The van der Waals surface area contributed by atoms with Crippen molar-refractivity contribution in [3.63, 3.8) is 0 Å². The SMILES string of the molecule is O=C1CC(C2CCC(CNCC3CCCNC3)CC2)CN1C1CCC2CNCCC2C1. The Morgan fingerprint density at radius 3 is 2.42 bits per heavy atom. The van der Waals surface area contributed by atoms with E-state index >= 15 is 0 Å². The zero-order valence-corrected chi connectivity index (χ0v) is 19.6. The van der Waals surface area contributed by atoms with Gasteiger partial charge >= 0.3 is 0 Å². The third-order valence-electron chi connectivity index (χ3n) is 9.66. The number of carbonyl (C=O) groups excluding carboxylic acids is 1. The molecule has 2 aliphatic carbocycles. The highest BCUT2D eigenvalue weighted by atomic mass is 16.2. The van der Waals surface area contributed by atoms with Gasteiger partial charge in [0.2, 0.25) is 5.91 Å². The standard InChI is InChI=1S/C26H46N4O/c31-26-13-24(18-30(26)25-8-7-23-17-28-11-9-22(23)12-25)21-5-3-19(4-6-21)14-29-16-20-2-1-10-27-15-20/h19-25,27-29H,1-18H2. The molecule has 31 heavy (non-hydrogen) atoms. The van der Waals surface area contributed by atoms with Gasteiger partial charge in [0.25, 0.3) is 0 Å². The van der Waals surface area contributed by atoms with E-state index in [9.17, 15) is 4.79 Å². The molecule has 5 heteroatoms. The van der Waals surface area contributed by atoms with Crippen LogP contribution in [0.15, 0.2) is 0 Å². The molecule has 0 aromatic heterocycles. The Kier molecular flexibility index (Phi) is 7.52. The molecule has 0 aromatic carbocycles. The summed E-state index contributed by atoms with van der Waals surface area (Å²) in [5.41, 5.74) is 0. The van der Waals surface area contributed by atoms with E-state index in [0.717, 1.165) is 42.6 Å². The zero-order valence-electron chi connectivity index (χ0n) is 19.6. The topological polar surface area (TPSA) is 56.4 Å². The Morgan fingerprint density at radius 2 is 1.58 bits per heavy atom. The number of rotatable bonds is 6. The largest absolute Gasteiger partial charge is 0.339 e. The van der Waals surface area contributed by atoms with Crippen molar-refractivity contribution in [2.24, 2.45) is 35.5 Å². The summed E-state index contributed by atoms with van der Waals surface area (Å²) in [6.07, 6.45) is 14.2. The van der Waals surface area contributed by atoms with E-state index in [1.165, 1.54) is 103 Å². The maximum atomic E-state index is 12.9. The molecule has 0 radical (unpaired) electrons. The maximum Gasteiger partial charge on any atom is 0.223 e. The summed E-state index contributed by atoms with van der Waals surface area (Å²) in [7, 11) is 0. The lowest BCUT2D eigenvalue weighted by Gasteiger charge is -2.42. The number of piperidine rings is 2. The van der Waals surface area contributed by atoms with Gasteiger partial charge < -0.3 is 20.9 Å². The van der Waals surface area contributed by atoms with Gasteiger partial charge in [0.1, 0.15) is 0 Å². The van der Waals surface area contributed by atoms with Crippen LogP contribution in [0.2, 0.25) is 0 Å². The molecule has 176 valence electrons. The van der Waals surface area contributed by atoms with Crippen molar-refractivity contribution >= 4 is 5.91 Å². The van der Waals surface area contributed by atoms with Crippen LogP contribution < -0.4 is 16.0 Å². The lowest BCUT2D eigenvalue weighted by Crippen LogP contribution is -2.47. The number of hydrogen-bond acceptors (Lipinski definition) is 4. The molecule has 0 bridgehead atoms. The van der Waals surface area contributed by atoms with E-state index in [0.29, 0.717) is 17.9 Å². The van der Waals surface area contributed by atoms with Crippen LogP contribution in [0.5, 0.6) is 0 Å². The van der Waals surface area contributed by atoms with Crippen molar-refractivity contribution in [2.45, 2.75) is 76.7 Å². The highest BCUT2D eigenvalue weighted by molar-refractivity contribution is 5.79. The minimum atomic E-state index is 0.479. The summed E-state index contributed by atoms with van der Waals surface area (Å²) in [5.74, 6) is 5.34. The minimum Gasteiger partial charge on any atom is -0.339 e. The van der Waals surface area contributed by atoms with Gasteiger partial charge in [-0.15, -0.1) is 0 Å². The first-order valence-corrected chi connectivity index (χ1v) is 13.7. The van der Waals surface area contributed by atoms with Crippen LogP contribution >= 0.6 is 0 Å². The number of amides is 1. The van der Waals surface area contributed by atoms with Gasteiger partial charge in [0.05, 0.1) is 0 Å². The van der Waals surface area contributed by atoms with Crippen LogP contribution in [0.3, 0.4) is 0 Å². The Morgan fingerprint density at radius 1 is 0.774 bits per heavy atom. The van der Waals surface area contributed by atoms with Crippen LogP contribution in [0.1, 0.15) is 70.6 Å². The first kappa shape index (κ1) is 22.2. The molecule has 5 rings (SSSR count). The molecule has 5 unspecified atom stereocenters. The van der Waals surface area contributed by atoms with Crippen molar-refractivity contribution in [1.82, 2.24) is 20.9 Å². The molecule has 5 nitrogen and oxygen atoms in total. The van der Waals surface area contributed by atoms with E-state index < -0.39 is 0 Å². The average molecular weight is 431 g/mol. The summed E-state index contributed by atoms with van der Waals surface area (Å²) in [6.45, 7) is 8.27. The number of carbonyl (C=O) groups is 1. The number of nitrogens with one attached hydrogen (secondary N) is 3. The summed E-state index contributed by atoms with van der Waals surface area (Å²) in [6, 6.07) is 0.548. The van der Waals surface area contributed by atoms with Crippen molar-refractivity contribution in [3.8, 4) is 0 Å². The number of nitrogens with zero attached hydrogens (tertiary/aromatic N) is 1. The molecule has 3 saturated heterocycles. The summed E-state index contributed by atoms with van der Waals surface area (Å²) < 4.78 is 0. The molecule has 0 aromatic rings. The van der Waals surface area contributed by atoms with Gasteiger partial charge in [-0.2, -0.15) is 0 Å². The van der Waals surface area contributed by atoms with E-state index in [1.807, 2.05) is 0 Å². The fourth-order valence-electron chi connectivity index (χ4n) is 7.66. The highest BCUT2D eigenvalue weighted by Gasteiger charge is 2.42. The third kappa shape index (κ3) is 5.47. The second-order valence-electron chi connectivity index (χ2n) is 11.6. The number of hydrogen-bond donors (Lipinski definition) is 3. The highest BCUT2D eigenvalue weighted by Crippen LogP contribution is 2.41. The summed E-state index contributed by atoms with van der Waals surface area (Å²) in [4.78, 5) is 15.3. The smallest absolute Gasteiger partial charge is 0.223 e. The van der Waals surface area contributed by atoms with E-state index in [4.69, 9.17) is 0 Å². The first-order chi connectivity index (χ1) is 15.3. The van der Waals surface area contributed by atoms with Gasteiger partial charge in [0.15, 0.2) is 0 Å². The van der Waals surface area contributed by atoms with Gasteiger partial charge in [-0.05, 0) is 139 Å². The third-order valence-corrected chi connectivity index (χ3v) is 9.66. The molecular formula is C26H46N4O. The van der Waals surface area contributed by atoms with Crippen LogP contribution in [0.25, 0.3) is 0 Å². The fraction of sp³-hybridized carbons (Fsp3) is 0.962. The van der Waals surface area contributed by atoms with Crippen molar-refractivity contribution in [1.29, 1.82) is 0 Å². The number of likely N-dealkylation sites (tertiary alicyclic amines) is 1. The molecule has 1 amide bonds. The first-order valence-electron chi connectivity index (χ1n) is 13.7. The van der Waals surface area contributed by atoms with Crippen molar-refractivity contribution < 1.29 is 4.79 Å². The van der Waals surface area contributed by atoms with Gasteiger partial charge in [-0.1, -0.05) is 0 Å². The van der Waals surface area contributed by atoms with Gasteiger partial charge in [0, 0.05) is 19.0 Å². The van der Waals surface area contributed by atoms with Crippen LogP contribution in [0, 0.1) is 35.5 Å². The van der Waals surface area contributed by atoms with Crippen molar-refractivity contribution in [3.05, 3.63) is 0 Å². The monoisotopic (exact) mass is 430 g/mol. The van der Waals surface area contributed by atoms with Crippen molar-refractivity contribution in [2.75, 3.05) is 45.8 Å². The molecule has 3 N–H and O–H groups in total. The quantitative estimate of drug-likeness (QED) is 0.606. The Balaban J connectivity index is 1.03. The normalized spacial score (nSPS) is 41.9. The minimum absolute atomic E-state index is 0.479. The Bertz CT molecular complexity index is 584. The number of fused-ring (bicyclic) bond motifs is 1. The van der Waals surface area contributed by atoms with Crippen LogP contribution in [-0.4, -0.2) is 62.7 Å². The molecule has 5 fully saturated rings. The molecular weight excluding hydrogens is 384 g/mol. The van der Waals surface area contributed by atoms with E-state index in [-0.39, 0.29) is 0 Å². The van der Waals surface area contributed by atoms with E-state index in [1.54, 1.807) is 0 Å². The van der Waals surface area contributed by atoms with Gasteiger partial charge in [-0.3, -0.25) is 4.79 Å². The molecule has 0 spiro atoms. The Labute approximate surface area is 189 Å². The second kappa shape index (κ2) is 10.5. The average Bonchev–Trinajstić information content (AvgIpc) is 3.21. The second-order valence-corrected chi connectivity index (χ2v) is 11.6. The predicted octanol–water partition coefficient (Wildman–Crippen LogP) is 3.01. The predicted molar refractivity (Wildman–Crippen MR) is 126 cm³/mol. The van der Waals surface area contributed by atoms with E-state index in [2.05, 4.69) is 20.9 Å². The lowest BCUT2D eigenvalue weighted by molar-refractivity contribution is -0.130. The zero-order chi connectivity index (χ0) is 21.0. The molecule has 5 atom stereocenters. The van der Waals surface area contributed by atoms with Crippen LogP contribution in [-0.2, 0) is 4.79 Å². The molecule has 5 aliphatic rings. The summed E-state index contributed by atoms with van der Waals surface area (Å²) >= 11 is 0. The lowest BCUT2D eigenvalue weighted by atomic mass is 9.73. The Hall–Kier alpha value is -0.650. The van der Waals surface area contributed by atoms with Gasteiger partial charge in [-0.25, -0.2) is 0 Å². The fourth-order valence-corrected chi connectivity index (χ4v) is 7.66.